The molecule has 0 bridgehead atoms. The molecule has 0 aliphatic rings. The second-order valence-corrected chi connectivity index (χ2v) is 4.33. The highest BCUT2D eigenvalue weighted by molar-refractivity contribution is 5.61. The van der Waals surface area contributed by atoms with Crippen molar-refractivity contribution in [2.45, 2.75) is 33.2 Å². The van der Waals surface area contributed by atoms with Gasteiger partial charge < -0.3 is 0 Å². The summed E-state index contributed by atoms with van der Waals surface area (Å²) in [6, 6.07) is 9.03. The number of benzene rings is 1. The van der Waals surface area contributed by atoms with E-state index < -0.39 is 0 Å². The van der Waals surface area contributed by atoms with Crippen molar-refractivity contribution >= 4 is 0 Å². The Kier molecular flexibility index (Phi) is 3.09. The quantitative estimate of drug-likeness (QED) is 0.759. The molecule has 16 heavy (non-hydrogen) atoms. The smallest absolute Gasteiger partial charge is 0.0568 e. The Morgan fingerprint density at radius 1 is 1.19 bits per heavy atom. The van der Waals surface area contributed by atoms with Gasteiger partial charge in [0, 0.05) is 17.8 Å². The van der Waals surface area contributed by atoms with E-state index in [9.17, 15) is 0 Å². The molecular weight excluding hydrogens is 196 g/mol. The third kappa shape index (κ3) is 2.16. The van der Waals surface area contributed by atoms with E-state index in [1.807, 2.05) is 10.9 Å². The predicted octanol–water partition coefficient (Wildman–Crippen LogP) is 3.83. The number of nitrogens with zero attached hydrogens (tertiary/aromatic N) is 2. The summed E-state index contributed by atoms with van der Waals surface area (Å²) >= 11 is 0. The van der Waals surface area contributed by atoms with Gasteiger partial charge in [-0.1, -0.05) is 36.8 Å². The molecule has 2 heteroatoms. The number of hydrogen-bond donors (Lipinski definition) is 0. The minimum atomic E-state index is 0.471. The predicted molar refractivity (Wildman–Crippen MR) is 67.4 cm³/mol. The van der Waals surface area contributed by atoms with Crippen LogP contribution in [-0.4, -0.2) is 9.78 Å². The van der Waals surface area contributed by atoms with Crippen molar-refractivity contribution in [2.75, 3.05) is 0 Å². The van der Waals surface area contributed by atoms with Gasteiger partial charge in [0.25, 0.3) is 0 Å². The lowest BCUT2D eigenvalue weighted by Crippen LogP contribution is -2.03. The molecule has 0 aliphatic carbocycles. The van der Waals surface area contributed by atoms with E-state index in [0.29, 0.717) is 6.04 Å². The third-order valence-corrected chi connectivity index (χ3v) is 3.03. The van der Waals surface area contributed by atoms with Crippen LogP contribution in [0.4, 0.5) is 0 Å². The van der Waals surface area contributed by atoms with E-state index >= 15 is 0 Å². The molecule has 0 saturated carbocycles. The van der Waals surface area contributed by atoms with E-state index in [0.717, 1.165) is 6.42 Å². The summed E-state index contributed by atoms with van der Waals surface area (Å²) in [4.78, 5) is 0. The first-order valence-corrected chi connectivity index (χ1v) is 5.82. The third-order valence-electron chi connectivity index (χ3n) is 3.03. The van der Waals surface area contributed by atoms with Crippen LogP contribution in [0.5, 0.6) is 0 Å². The van der Waals surface area contributed by atoms with Crippen LogP contribution in [0, 0.1) is 6.92 Å². The van der Waals surface area contributed by atoms with Crippen LogP contribution in [0.2, 0.25) is 0 Å². The van der Waals surface area contributed by atoms with E-state index in [-0.39, 0.29) is 0 Å². The van der Waals surface area contributed by atoms with Crippen LogP contribution < -0.4 is 0 Å². The maximum atomic E-state index is 4.40. The van der Waals surface area contributed by atoms with Gasteiger partial charge in [-0.2, -0.15) is 5.10 Å². The monoisotopic (exact) mass is 214 g/mol. The highest BCUT2D eigenvalue weighted by Crippen LogP contribution is 2.20. The number of rotatable bonds is 3. The van der Waals surface area contributed by atoms with Crippen LogP contribution in [0.1, 0.15) is 31.9 Å². The van der Waals surface area contributed by atoms with Crippen molar-refractivity contribution in [3.63, 3.8) is 0 Å². The SMILES string of the molecule is CCC(C)n1cc(-c2ccc(C)cc2)cn1. The van der Waals surface area contributed by atoms with Crippen molar-refractivity contribution in [3.05, 3.63) is 42.2 Å². The lowest BCUT2D eigenvalue weighted by molar-refractivity contribution is 0.478. The van der Waals surface area contributed by atoms with Crippen molar-refractivity contribution in [1.29, 1.82) is 0 Å². The molecule has 1 aromatic heterocycles. The van der Waals surface area contributed by atoms with E-state index in [1.54, 1.807) is 0 Å². The van der Waals surface area contributed by atoms with Crippen LogP contribution in [0.3, 0.4) is 0 Å². The van der Waals surface area contributed by atoms with Gasteiger partial charge in [-0.3, -0.25) is 4.68 Å². The zero-order valence-electron chi connectivity index (χ0n) is 10.1. The van der Waals surface area contributed by atoms with Gasteiger partial charge in [0.1, 0.15) is 0 Å². The Bertz CT molecular complexity index is 454. The maximum Gasteiger partial charge on any atom is 0.0568 e. The lowest BCUT2D eigenvalue weighted by atomic mass is 10.1. The summed E-state index contributed by atoms with van der Waals surface area (Å²) in [5.74, 6) is 0. The largest absolute Gasteiger partial charge is 0.269 e. The number of aromatic nitrogens is 2. The van der Waals surface area contributed by atoms with E-state index in [4.69, 9.17) is 0 Å². The molecule has 84 valence electrons. The minimum Gasteiger partial charge on any atom is -0.269 e. The summed E-state index contributed by atoms with van der Waals surface area (Å²) in [6.07, 6.45) is 5.17. The Hall–Kier alpha value is -1.57. The zero-order chi connectivity index (χ0) is 11.5. The van der Waals surface area contributed by atoms with E-state index in [2.05, 4.69) is 56.3 Å². The van der Waals surface area contributed by atoms with Gasteiger partial charge >= 0.3 is 0 Å². The standard InChI is InChI=1S/C14H18N2/c1-4-12(3)16-10-14(9-15-16)13-7-5-11(2)6-8-13/h5-10,12H,4H2,1-3H3. The lowest BCUT2D eigenvalue weighted by Gasteiger charge is -2.07. The van der Waals surface area contributed by atoms with Crippen molar-refractivity contribution < 1.29 is 0 Å². The molecule has 0 N–H and O–H groups in total. The average Bonchev–Trinajstić information content (AvgIpc) is 2.78. The summed E-state index contributed by atoms with van der Waals surface area (Å²) in [5.41, 5.74) is 3.72. The fourth-order valence-corrected chi connectivity index (χ4v) is 1.66. The zero-order valence-corrected chi connectivity index (χ0v) is 10.1. The molecule has 1 unspecified atom stereocenters. The molecular formula is C14H18N2. The minimum absolute atomic E-state index is 0.471. The first kappa shape index (κ1) is 10.9. The van der Waals surface area contributed by atoms with Gasteiger partial charge in [0.2, 0.25) is 0 Å². The highest BCUT2D eigenvalue weighted by Gasteiger charge is 2.05. The molecule has 2 nitrogen and oxygen atoms in total. The molecule has 0 amide bonds. The van der Waals surface area contributed by atoms with Crippen LogP contribution >= 0.6 is 0 Å². The first-order valence-electron chi connectivity index (χ1n) is 5.82. The van der Waals surface area contributed by atoms with Crippen LogP contribution in [0.15, 0.2) is 36.7 Å². The fraction of sp³-hybridized carbons (Fsp3) is 0.357. The molecule has 0 radical (unpaired) electrons. The van der Waals surface area contributed by atoms with Gasteiger partial charge in [0.05, 0.1) is 6.20 Å². The Balaban J connectivity index is 2.28. The Morgan fingerprint density at radius 3 is 2.50 bits per heavy atom. The number of aryl methyl sites for hydroxylation is 1. The molecule has 0 spiro atoms. The summed E-state index contributed by atoms with van der Waals surface area (Å²) in [7, 11) is 0. The van der Waals surface area contributed by atoms with Crippen molar-refractivity contribution in [1.82, 2.24) is 9.78 Å². The van der Waals surface area contributed by atoms with E-state index in [1.165, 1.54) is 16.7 Å². The molecule has 1 aromatic carbocycles. The molecule has 0 aliphatic heterocycles. The summed E-state index contributed by atoms with van der Waals surface area (Å²) < 4.78 is 2.04. The van der Waals surface area contributed by atoms with Gasteiger partial charge in [0.15, 0.2) is 0 Å². The van der Waals surface area contributed by atoms with Gasteiger partial charge in [-0.25, -0.2) is 0 Å². The average molecular weight is 214 g/mol. The Labute approximate surface area is 96.9 Å². The highest BCUT2D eigenvalue weighted by atomic mass is 15.3. The maximum absolute atomic E-state index is 4.40. The van der Waals surface area contributed by atoms with Crippen LogP contribution in [-0.2, 0) is 0 Å². The topological polar surface area (TPSA) is 17.8 Å². The van der Waals surface area contributed by atoms with Crippen molar-refractivity contribution in [3.8, 4) is 11.1 Å². The fourth-order valence-electron chi connectivity index (χ4n) is 1.66. The van der Waals surface area contributed by atoms with Crippen molar-refractivity contribution in [2.24, 2.45) is 0 Å². The van der Waals surface area contributed by atoms with Crippen LogP contribution in [0.25, 0.3) is 11.1 Å². The molecule has 2 aromatic rings. The normalized spacial score (nSPS) is 12.7. The molecule has 2 rings (SSSR count). The first-order chi connectivity index (χ1) is 7.70. The Morgan fingerprint density at radius 2 is 1.88 bits per heavy atom. The van der Waals surface area contributed by atoms with Gasteiger partial charge in [-0.05, 0) is 25.8 Å². The molecule has 1 heterocycles. The molecule has 1 atom stereocenters. The second kappa shape index (κ2) is 4.52. The molecule has 0 saturated heterocycles. The summed E-state index contributed by atoms with van der Waals surface area (Å²) in [5, 5.41) is 4.40. The summed E-state index contributed by atoms with van der Waals surface area (Å²) in [6.45, 7) is 6.47. The number of hydrogen-bond acceptors (Lipinski definition) is 1. The second-order valence-electron chi connectivity index (χ2n) is 4.33. The molecule has 0 fully saturated rings. The van der Waals surface area contributed by atoms with Gasteiger partial charge in [-0.15, -0.1) is 0 Å².